The van der Waals surface area contributed by atoms with Crippen LogP contribution in [0.1, 0.15) is 12.8 Å². The Bertz CT molecular complexity index is 72.4. The van der Waals surface area contributed by atoms with Crippen molar-refractivity contribution >= 4 is 0 Å². The van der Waals surface area contributed by atoms with Gasteiger partial charge in [0.05, 0.1) is 19.8 Å². The minimum absolute atomic E-state index is 0.0972. The van der Waals surface area contributed by atoms with Crippen LogP contribution in [-0.2, 0) is 0 Å². The van der Waals surface area contributed by atoms with Gasteiger partial charge in [-0.25, -0.2) is 0 Å². The van der Waals surface area contributed by atoms with E-state index in [0.29, 0.717) is 19.6 Å². The highest BCUT2D eigenvalue weighted by molar-refractivity contribution is 4.30. The molecule has 8 heteroatoms. The third-order valence-corrected chi connectivity index (χ3v) is 0.954. The Morgan fingerprint density at radius 3 is 0.667 bits per heavy atom. The molecule has 18 heavy (non-hydrogen) atoms. The number of rotatable bonds is 6. The van der Waals surface area contributed by atoms with E-state index in [2.05, 4.69) is 0 Å². The Morgan fingerprint density at radius 1 is 0.444 bits per heavy atom. The van der Waals surface area contributed by atoms with Gasteiger partial charge in [-0.3, -0.25) is 0 Å². The van der Waals surface area contributed by atoms with Crippen LogP contribution in [0, 0.1) is 0 Å². The highest BCUT2D eigenvalue weighted by Gasteiger charge is 1.77. The molecule has 0 aromatic heterocycles. The van der Waals surface area contributed by atoms with Gasteiger partial charge >= 0.3 is 0 Å². The van der Waals surface area contributed by atoms with Crippen molar-refractivity contribution in [3.05, 3.63) is 0 Å². The van der Waals surface area contributed by atoms with E-state index in [1.165, 1.54) is 0 Å². The van der Waals surface area contributed by atoms with Crippen molar-refractivity contribution in [2.24, 2.45) is 17.2 Å². The molecular formula is C10H31N3O5. The Labute approximate surface area is 109 Å². The zero-order valence-electron chi connectivity index (χ0n) is 11.0. The monoisotopic (exact) mass is 273 g/mol. The maximum absolute atomic E-state index is 8.09. The van der Waals surface area contributed by atoms with Crippen molar-refractivity contribution in [3.8, 4) is 0 Å². The normalized spacial score (nSPS) is 8.00. The second-order valence-electron chi connectivity index (χ2n) is 2.69. The summed E-state index contributed by atoms with van der Waals surface area (Å²) in [5, 5.41) is 39.4. The maximum Gasteiger partial charge on any atom is 0.0553 e. The summed E-state index contributed by atoms with van der Waals surface area (Å²) < 4.78 is 0. The molecule has 0 aromatic rings. The fraction of sp³-hybridized carbons (Fsp3) is 1.00. The first-order chi connectivity index (χ1) is 8.66. The van der Waals surface area contributed by atoms with Crippen LogP contribution in [0.15, 0.2) is 0 Å². The Kier molecular flexibility index (Phi) is 63.9. The summed E-state index contributed by atoms with van der Waals surface area (Å²) in [6.45, 7) is 1.81. The molecule has 0 aromatic carbocycles. The van der Waals surface area contributed by atoms with E-state index in [1.807, 2.05) is 0 Å². The van der Waals surface area contributed by atoms with Crippen LogP contribution in [0.2, 0.25) is 0 Å². The van der Waals surface area contributed by atoms with Gasteiger partial charge in [0.15, 0.2) is 0 Å². The topological polar surface area (TPSA) is 179 Å². The summed E-state index contributed by atoms with van der Waals surface area (Å²) >= 11 is 0. The lowest BCUT2D eigenvalue weighted by Crippen LogP contribution is -2.02. The van der Waals surface area contributed by atoms with Crippen LogP contribution in [-0.4, -0.2) is 78.2 Å². The molecule has 0 fully saturated rings. The second-order valence-corrected chi connectivity index (χ2v) is 2.69. The number of nitrogens with two attached hydrogens (primary N) is 3. The van der Waals surface area contributed by atoms with E-state index in [4.69, 9.17) is 42.7 Å². The Balaban J connectivity index is -0.0000000742. The number of hydrogen-bond acceptors (Lipinski definition) is 8. The molecule has 0 atom stereocenters. The first-order valence-corrected chi connectivity index (χ1v) is 5.81. The van der Waals surface area contributed by atoms with E-state index in [1.54, 1.807) is 0 Å². The molecule has 0 spiro atoms. The SMILES string of the molecule is NCCO.NCCO.NCCO.OCCCCO. The molecule has 8 nitrogen and oxygen atoms in total. The third-order valence-electron chi connectivity index (χ3n) is 0.954. The second kappa shape index (κ2) is 43.8. The zero-order valence-corrected chi connectivity index (χ0v) is 11.0. The summed E-state index contributed by atoms with van der Waals surface area (Å²) in [7, 11) is 0. The fourth-order valence-corrected chi connectivity index (χ4v) is 0.224. The third kappa shape index (κ3) is 105. The molecule has 0 heterocycles. The van der Waals surface area contributed by atoms with Crippen molar-refractivity contribution in [1.29, 1.82) is 0 Å². The van der Waals surface area contributed by atoms with Crippen LogP contribution in [0.25, 0.3) is 0 Å². The predicted molar refractivity (Wildman–Crippen MR) is 71.8 cm³/mol. The average Bonchev–Trinajstić information content (AvgIpc) is 2.45. The summed E-state index contributed by atoms with van der Waals surface area (Å²) in [6, 6.07) is 0. The summed E-state index contributed by atoms with van der Waals surface area (Å²) in [6.07, 6.45) is 1.44. The summed E-state index contributed by atoms with van der Waals surface area (Å²) in [5.41, 5.74) is 14.3. The molecule has 0 saturated heterocycles. The lowest BCUT2D eigenvalue weighted by Gasteiger charge is -1.85. The van der Waals surface area contributed by atoms with Gasteiger partial charge in [0.2, 0.25) is 0 Å². The molecule has 0 amide bonds. The van der Waals surface area contributed by atoms with E-state index in [-0.39, 0.29) is 33.0 Å². The van der Waals surface area contributed by atoms with Crippen LogP contribution >= 0.6 is 0 Å². The minimum atomic E-state index is 0.0972. The first-order valence-electron chi connectivity index (χ1n) is 5.81. The number of aliphatic hydroxyl groups is 5. The number of hydrogen-bond donors (Lipinski definition) is 8. The lowest BCUT2D eigenvalue weighted by molar-refractivity contribution is 0.242. The molecule has 0 aliphatic carbocycles. The lowest BCUT2D eigenvalue weighted by atomic mass is 10.3. The quantitative estimate of drug-likeness (QED) is 0.230. The smallest absolute Gasteiger partial charge is 0.0553 e. The average molecular weight is 273 g/mol. The van der Waals surface area contributed by atoms with E-state index >= 15 is 0 Å². The first kappa shape index (κ1) is 26.3. The molecule has 0 unspecified atom stereocenters. The molecule has 116 valence electrons. The van der Waals surface area contributed by atoms with Gasteiger partial charge < -0.3 is 42.7 Å². The highest BCUT2D eigenvalue weighted by Crippen LogP contribution is 1.80. The van der Waals surface area contributed by atoms with E-state index in [9.17, 15) is 0 Å². The van der Waals surface area contributed by atoms with E-state index < -0.39 is 0 Å². The van der Waals surface area contributed by atoms with Crippen molar-refractivity contribution in [1.82, 2.24) is 0 Å². The Morgan fingerprint density at radius 2 is 0.611 bits per heavy atom. The number of aliphatic hydroxyl groups excluding tert-OH is 5. The van der Waals surface area contributed by atoms with Gasteiger partial charge in [0.25, 0.3) is 0 Å². The van der Waals surface area contributed by atoms with Crippen LogP contribution in [0.5, 0.6) is 0 Å². The molecule has 0 bridgehead atoms. The fourth-order valence-electron chi connectivity index (χ4n) is 0.224. The standard InChI is InChI=1S/C4H10O2.3C2H7NO/c5-3-1-2-4-6;3*3-1-2-4/h5-6H,1-4H2;3*4H,1-3H2. The van der Waals surface area contributed by atoms with Crippen LogP contribution in [0.4, 0.5) is 0 Å². The zero-order chi connectivity index (χ0) is 15.1. The van der Waals surface area contributed by atoms with Crippen molar-refractivity contribution < 1.29 is 25.5 Å². The molecule has 0 radical (unpaired) electrons. The van der Waals surface area contributed by atoms with Crippen molar-refractivity contribution in [3.63, 3.8) is 0 Å². The van der Waals surface area contributed by atoms with Gasteiger partial charge in [0.1, 0.15) is 0 Å². The van der Waals surface area contributed by atoms with Gasteiger partial charge in [0, 0.05) is 32.8 Å². The Hall–Kier alpha value is -0.320. The molecule has 0 rings (SSSR count). The highest BCUT2D eigenvalue weighted by atomic mass is 16.3. The van der Waals surface area contributed by atoms with E-state index in [0.717, 1.165) is 12.8 Å². The van der Waals surface area contributed by atoms with Gasteiger partial charge in [-0.15, -0.1) is 0 Å². The molecular weight excluding hydrogens is 242 g/mol. The van der Waals surface area contributed by atoms with Crippen LogP contribution < -0.4 is 17.2 Å². The summed E-state index contributed by atoms with van der Waals surface area (Å²) in [5.74, 6) is 0. The molecule has 0 saturated carbocycles. The van der Waals surface area contributed by atoms with Gasteiger partial charge in [-0.1, -0.05) is 0 Å². The van der Waals surface area contributed by atoms with Gasteiger partial charge in [-0.05, 0) is 12.8 Å². The summed E-state index contributed by atoms with van der Waals surface area (Å²) in [4.78, 5) is 0. The van der Waals surface area contributed by atoms with Crippen molar-refractivity contribution in [2.45, 2.75) is 12.8 Å². The van der Waals surface area contributed by atoms with Gasteiger partial charge in [-0.2, -0.15) is 0 Å². The molecule has 0 aliphatic rings. The molecule has 0 aliphatic heterocycles. The number of unbranched alkanes of at least 4 members (excludes halogenated alkanes) is 1. The predicted octanol–water partition coefficient (Wildman–Crippen LogP) is -3.44. The van der Waals surface area contributed by atoms with Crippen LogP contribution in [0.3, 0.4) is 0 Å². The maximum atomic E-state index is 8.09. The van der Waals surface area contributed by atoms with Crippen molar-refractivity contribution in [2.75, 3.05) is 52.7 Å². The molecule has 11 N–H and O–H groups in total. The minimum Gasteiger partial charge on any atom is -0.396 e. The largest absolute Gasteiger partial charge is 0.396 e.